The molecule has 0 saturated heterocycles. The van der Waals surface area contributed by atoms with Gasteiger partial charge < -0.3 is 15.1 Å². The molecule has 1 aliphatic carbocycles. The van der Waals surface area contributed by atoms with Gasteiger partial charge in [0.15, 0.2) is 0 Å². The molecule has 0 aliphatic heterocycles. The van der Waals surface area contributed by atoms with Crippen LogP contribution in [0.15, 0.2) is 0 Å². The average molecular weight is 264 g/mol. The molecule has 0 aromatic carbocycles. The Morgan fingerprint density at radius 1 is 1.11 bits per heavy atom. The summed E-state index contributed by atoms with van der Waals surface area (Å²) in [6, 6.07) is 0. The van der Waals surface area contributed by atoms with Gasteiger partial charge in [-0.15, -0.1) is 0 Å². The Morgan fingerprint density at radius 2 is 1.74 bits per heavy atom. The molecule has 1 saturated carbocycles. The van der Waals surface area contributed by atoms with Crippen LogP contribution in [0.2, 0.25) is 0 Å². The van der Waals surface area contributed by atoms with Crippen molar-refractivity contribution in [2.75, 3.05) is 48.8 Å². The molecule has 106 valence electrons. The molecule has 0 bridgehead atoms. The van der Waals surface area contributed by atoms with Crippen molar-refractivity contribution in [2.24, 2.45) is 5.92 Å². The normalized spacial score (nSPS) is 14.3. The van der Waals surface area contributed by atoms with Crippen LogP contribution in [0, 0.1) is 5.92 Å². The zero-order chi connectivity index (χ0) is 13.8. The fraction of sp³-hybridized carbons (Fsp3) is 0.769. The molecule has 6 nitrogen and oxygen atoms in total. The van der Waals surface area contributed by atoms with E-state index in [0.717, 1.165) is 37.4 Å². The molecule has 1 N–H and O–H groups in total. The maximum Gasteiger partial charge on any atom is 0.231 e. The summed E-state index contributed by atoms with van der Waals surface area (Å²) in [7, 11) is 3.89. The molecule has 1 heterocycles. The van der Waals surface area contributed by atoms with Gasteiger partial charge >= 0.3 is 0 Å². The van der Waals surface area contributed by atoms with Gasteiger partial charge in [0.2, 0.25) is 17.8 Å². The van der Waals surface area contributed by atoms with Gasteiger partial charge in [-0.2, -0.15) is 15.0 Å². The Balaban J connectivity index is 2.23. The van der Waals surface area contributed by atoms with Crippen LogP contribution in [0.4, 0.5) is 17.8 Å². The SMILES string of the molecule is CCN(CC)c1nc(NC)nc(N(C)CC2CC2)n1. The first-order valence-electron chi connectivity index (χ1n) is 7.07. The van der Waals surface area contributed by atoms with Crippen LogP contribution < -0.4 is 15.1 Å². The van der Waals surface area contributed by atoms with Gasteiger partial charge in [-0.25, -0.2) is 0 Å². The van der Waals surface area contributed by atoms with Crippen molar-refractivity contribution in [1.82, 2.24) is 15.0 Å². The third-order valence-corrected chi connectivity index (χ3v) is 3.45. The van der Waals surface area contributed by atoms with E-state index < -0.39 is 0 Å². The lowest BCUT2D eigenvalue weighted by Crippen LogP contribution is -2.28. The number of anilines is 3. The maximum absolute atomic E-state index is 4.59. The molecular formula is C13H24N6. The standard InChI is InChI=1S/C13H24N6/c1-5-19(6-2)13-16-11(14-3)15-12(17-13)18(4)9-10-7-8-10/h10H,5-9H2,1-4H3,(H,14,15,16,17). The molecule has 19 heavy (non-hydrogen) atoms. The third-order valence-electron chi connectivity index (χ3n) is 3.45. The molecule has 1 fully saturated rings. The van der Waals surface area contributed by atoms with Crippen molar-refractivity contribution in [1.29, 1.82) is 0 Å². The second kappa shape index (κ2) is 6.04. The van der Waals surface area contributed by atoms with E-state index in [1.165, 1.54) is 12.8 Å². The number of nitrogens with one attached hydrogen (secondary N) is 1. The minimum Gasteiger partial charge on any atom is -0.357 e. The van der Waals surface area contributed by atoms with Crippen molar-refractivity contribution < 1.29 is 0 Å². The summed E-state index contributed by atoms with van der Waals surface area (Å²) in [5.74, 6) is 2.96. The van der Waals surface area contributed by atoms with Crippen LogP contribution in [0.5, 0.6) is 0 Å². The van der Waals surface area contributed by atoms with Gasteiger partial charge in [-0.05, 0) is 32.6 Å². The smallest absolute Gasteiger partial charge is 0.231 e. The van der Waals surface area contributed by atoms with Crippen molar-refractivity contribution in [3.05, 3.63) is 0 Å². The van der Waals surface area contributed by atoms with Crippen molar-refractivity contribution in [2.45, 2.75) is 26.7 Å². The van der Waals surface area contributed by atoms with Gasteiger partial charge in [0.25, 0.3) is 0 Å². The van der Waals surface area contributed by atoms with Gasteiger partial charge in [0.05, 0.1) is 0 Å². The lowest BCUT2D eigenvalue weighted by molar-refractivity contribution is 0.749. The summed E-state index contributed by atoms with van der Waals surface area (Å²) < 4.78 is 0. The van der Waals surface area contributed by atoms with E-state index in [4.69, 9.17) is 0 Å². The molecule has 0 amide bonds. The molecule has 1 aromatic heterocycles. The van der Waals surface area contributed by atoms with Crippen LogP contribution in [0.3, 0.4) is 0 Å². The van der Waals surface area contributed by atoms with E-state index in [9.17, 15) is 0 Å². The summed E-state index contributed by atoms with van der Waals surface area (Å²) >= 11 is 0. The Morgan fingerprint density at radius 3 is 2.26 bits per heavy atom. The van der Waals surface area contributed by atoms with Gasteiger partial charge in [-0.3, -0.25) is 0 Å². The zero-order valence-corrected chi connectivity index (χ0v) is 12.3. The summed E-state index contributed by atoms with van der Waals surface area (Å²) in [6.45, 7) is 7.05. The molecule has 1 aromatic rings. The Bertz CT molecular complexity index is 414. The van der Waals surface area contributed by atoms with Crippen LogP contribution in [0.25, 0.3) is 0 Å². The Hall–Kier alpha value is -1.59. The number of hydrogen-bond acceptors (Lipinski definition) is 6. The first-order chi connectivity index (χ1) is 9.17. The second-order valence-corrected chi connectivity index (χ2v) is 5.01. The predicted molar refractivity (Wildman–Crippen MR) is 78.9 cm³/mol. The van der Waals surface area contributed by atoms with Crippen LogP contribution in [0.1, 0.15) is 26.7 Å². The molecular weight excluding hydrogens is 240 g/mol. The monoisotopic (exact) mass is 264 g/mol. The molecule has 0 spiro atoms. The van der Waals surface area contributed by atoms with Crippen LogP contribution in [-0.4, -0.2) is 48.7 Å². The molecule has 2 rings (SSSR count). The topological polar surface area (TPSA) is 57.2 Å². The minimum atomic E-state index is 0.634. The van der Waals surface area contributed by atoms with Crippen molar-refractivity contribution in [3.8, 4) is 0 Å². The van der Waals surface area contributed by atoms with E-state index in [2.05, 4.69) is 51.0 Å². The maximum atomic E-state index is 4.59. The predicted octanol–water partition coefficient (Wildman–Crippen LogP) is 1.61. The Kier molecular flexibility index (Phi) is 4.39. The van der Waals surface area contributed by atoms with Crippen LogP contribution in [-0.2, 0) is 0 Å². The third kappa shape index (κ3) is 3.45. The van der Waals surface area contributed by atoms with Gasteiger partial charge in [0, 0.05) is 33.7 Å². The van der Waals surface area contributed by atoms with E-state index >= 15 is 0 Å². The first-order valence-corrected chi connectivity index (χ1v) is 7.07. The average Bonchev–Trinajstić information content (AvgIpc) is 3.23. The summed E-state index contributed by atoms with van der Waals surface area (Å²) in [6.07, 6.45) is 2.66. The highest BCUT2D eigenvalue weighted by molar-refractivity contribution is 5.44. The van der Waals surface area contributed by atoms with E-state index in [1.807, 2.05) is 7.05 Å². The summed E-state index contributed by atoms with van der Waals surface area (Å²) in [5, 5.41) is 3.02. The Labute approximate surface area is 115 Å². The van der Waals surface area contributed by atoms with Crippen molar-refractivity contribution >= 4 is 17.8 Å². The quantitative estimate of drug-likeness (QED) is 0.807. The minimum absolute atomic E-state index is 0.634. The lowest BCUT2D eigenvalue weighted by atomic mass is 10.4. The molecule has 0 unspecified atom stereocenters. The zero-order valence-electron chi connectivity index (χ0n) is 12.3. The highest BCUT2D eigenvalue weighted by Crippen LogP contribution is 2.30. The van der Waals surface area contributed by atoms with Gasteiger partial charge in [0.1, 0.15) is 0 Å². The van der Waals surface area contributed by atoms with Gasteiger partial charge in [-0.1, -0.05) is 0 Å². The molecule has 6 heteroatoms. The number of rotatable bonds is 7. The first kappa shape index (κ1) is 13.8. The summed E-state index contributed by atoms with van der Waals surface area (Å²) in [5.41, 5.74) is 0. The number of hydrogen-bond donors (Lipinski definition) is 1. The van der Waals surface area contributed by atoms with Crippen LogP contribution >= 0.6 is 0 Å². The largest absolute Gasteiger partial charge is 0.357 e. The molecule has 0 radical (unpaired) electrons. The second-order valence-electron chi connectivity index (χ2n) is 5.01. The summed E-state index contributed by atoms with van der Waals surface area (Å²) in [4.78, 5) is 17.7. The fourth-order valence-corrected chi connectivity index (χ4v) is 2.05. The fourth-order valence-electron chi connectivity index (χ4n) is 2.05. The highest BCUT2D eigenvalue weighted by Gasteiger charge is 2.24. The number of aromatic nitrogens is 3. The number of nitrogens with zero attached hydrogens (tertiary/aromatic N) is 5. The molecule has 1 aliphatic rings. The van der Waals surface area contributed by atoms with E-state index in [-0.39, 0.29) is 0 Å². The molecule has 0 atom stereocenters. The lowest BCUT2D eigenvalue weighted by Gasteiger charge is -2.22. The highest BCUT2D eigenvalue weighted by atomic mass is 15.4. The van der Waals surface area contributed by atoms with E-state index in [0.29, 0.717) is 5.95 Å². The van der Waals surface area contributed by atoms with E-state index in [1.54, 1.807) is 0 Å². The van der Waals surface area contributed by atoms with Crippen molar-refractivity contribution in [3.63, 3.8) is 0 Å².